The molecule has 262 valence electrons. The van der Waals surface area contributed by atoms with E-state index in [0.717, 1.165) is 88.3 Å². The van der Waals surface area contributed by atoms with Gasteiger partial charge in [0.1, 0.15) is 11.2 Å². The molecule has 0 fully saturated rings. The molecule has 0 atom stereocenters. The van der Waals surface area contributed by atoms with Gasteiger partial charge in [0.25, 0.3) is 0 Å². The van der Waals surface area contributed by atoms with Gasteiger partial charge in [-0.15, -0.1) is 0 Å². The van der Waals surface area contributed by atoms with Crippen LogP contribution in [0.25, 0.3) is 106 Å². The van der Waals surface area contributed by atoms with E-state index in [9.17, 15) is 0 Å². The molecule has 0 aliphatic heterocycles. The second-order valence-electron chi connectivity index (χ2n) is 14.0. The van der Waals surface area contributed by atoms with Crippen molar-refractivity contribution >= 4 is 43.7 Å². The standard InChI is InChI=1S/C51H32N4O/c1-4-15-33(16-5-1)36-29-30-43-46(32-36)56-45-28-14-24-39(47(43)45)37-21-12-22-38(31-37)50-52-49(35-19-8-3-9-20-35)53-51(54-50)55-44-27-11-10-23-41(44)42-26-13-25-40(48(42)55)34-17-6-2-7-18-34/h1-32H. The van der Waals surface area contributed by atoms with E-state index in [1.54, 1.807) is 0 Å². The molecule has 5 heteroatoms. The maximum Gasteiger partial charge on any atom is 0.238 e. The second-order valence-corrected chi connectivity index (χ2v) is 14.0. The molecule has 56 heavy (non-hydrogen) atoms. The zero-order valence-corrected chi connectivity index (χ0v) is 30.2. The number of hydrogen-bond acceptors (Lipinski definition) is 4. The fourth-order valence-corrected chi connectivity index (χ4v) is 8.09. The summed E-state index contributed by atoms with van der Waals surface area (Å²) in [5.41, 5.74) is 12.3. The smallest absolute Gasteiger partial charge is 0.238 e. The number of rotatable bonds is 6. The Bertz CT molecular complexity index is 3240. The van der Waals surface area contributed by atoms with Gasteiger partial charge < -0.3 is 4.42 Å². The van der Waals surface area contributed by atoms with Gasteiger partial charge in [-0.25, -0.2) is 4.98 Å². The van der Waals surface area contributed by atoms with Crippen molar-refractivity contribution in [1.29, 1.82) is 0 Å². The minimum atomic E-state index is 0.561. The molecule has 5 nitrogen and oxygen atoms in total. The highest BCUT2D eigenvalue weighted by Crippen LogP contribution is 2.40. The van der Waals surface area contributed by atoms with Gasteiger partial charge in [0, 0.05) is 38.2 Å². The van der Waals surface area contributed by atoms with Crippen molar-refractivity contribution in [2.45, 2.75) is 0 Å². The fourth-order valence-electron chi connectivity index (χ4n) is 8.09. The van der Waals surface area contributed by atoms with Gasteiger partial charge in [0.2, 0.25) is 5.95 Å². The first-order chi connectivity index (χ1) is 27.8. The molecule has 3 heterocycles. The van der Waals surface area contributed by atoms with E-state index in [0.29, 0.717) is 17.6 Å². The van der Waals surface area contributed by atoms with Gasteiger partial charge in [0.15, 0.2) is 11.6 Å². The molecule has 0 amide bonds. The van der Waals surface area contributed by atoms with Gasteiger partial charge in [-0.3, -0.25) is 4.57 Å². The molecule has 11 aromatic rings. The van der Waals surface area contributed by atoms with Gasteiger partial charge in [-0.05, 0) is 58.1 Å². The molecule has 11 rings (SSSR count). The van der Waals surface area contributed by atoms with Crippen LogP contribution in [0.2, 0.25) is 0 Å². The zero-order valence-electron chi connectivity index (χ0n) is 30.2. The number of para-hydroxylation sites is 2. The summed E-state index contributed by atoms with van der Waals surface area (Å²) in [6.07, 6.45) is 0. The Hall–Kier alpha value is -7.63. The highest BCUT2D eigenvalue weighted by atomic mass is 16.3. The molecule has 0 spiro atoms. The third-order valence-corrected chi connectivity index (χ3v) is 10.7. The SMILES string of the molecule is c1ccc(-c2ccc3c(c2)oc2cccc(-c4cccc(-c5nc(-c6ccccc6)nc(-n6c7ccccc7c7cccc(-c8ccccc8)c76)n5)c4)c23)cc1. The average molecular weight is 717 g/mol. The Labute approximate surface area is 322 Å². The Morgan fingerprint density at radius 1 is 0.357 bits per heavy atom. The number of aromatic nitrogens is 4. The van der Waals surface area contributed by atoms with Crippen molar-refractivity contribution in [2.24, 2.45) is 0 Å². The first kappa shape index (κ1) is 31.9. The molecule has 0 saturated heterocycles. The molecule has 0 unspecified atom stereocenters. The third-order valence-electron chi connectivity index (χ3n) is 10.7. The number of nitrogens with zero attached hydrogens (tertiary/aromatic N) is 4. The fraction of sp³-hybridized carbons (Fsp3) is 0. The molecular formula is C51H32N4O. The van der Waals surface area contributed by atoms with Crippen LogP contribution in [0.5, 0.6) is 0 Å². The number of fused-ring (bicyclic) bond motifs is 6. The molecule has 0 saturated carbocycles. The minimum absolute atomic E-state index is 0.561. The van der Waals surface area contributed by atoms with Crippen molar-refractivity contribution in [1.82, 2.24) is 19.5 Å². The van der Waals surface area contributed by atoms with Gasteiger partial charge in [0.05, 0.1) is 11.0 Å². The van der Waals surface area contributed by atoms with Crippen molar-refractivity contribution in [3.63, 3.8) is 0 Å². The number of furan rings is 1. The van der Waals surface area contributed by atoms with E-state index in [1.807, 2.05) is 30.3 Å². The summed E-state index contributed by atoms with van der Waals surface area (Å²) in [7, 11) is 0. The molecule has 3 aromatic heterocycles. The molecule has 0 N–H and O–H groups in total. The zero-order chi connectivity index (χ0) is 37.0. The molecule has 0 radical (unpaired) electrons. The summed E-state index contributed by atoms with van der Waals surface area (Å²) in [5, 5.41) is 4.44. The lowest BCUT2D eigenvalue weighted by Gasteiger charge is -2.13. The Morgan fingerprint density at radius 2 is 0.964 bits per heavy atom. The van der Waals surface area contributed by atoms with Crippen molar-refractivity contribution in [3.05, 3.63) is 194 Å². The lowest BCUT2D eigenvalue weighted by atomic mass is 9.97. The topological polar surface area (TPSA) is 56.7 Å². The van der Waals surface area contributed by atoms with Gasteiger partial charge >= 0.3 is 0 Å². The van der Waals surface area contributed by atoms with Gasteiger partial charge in [-0.2, -0.15) is 9.97 Å². The molecule has 8 aromatic carbocycles. The van der Waals surface area contributed by atoms with Crippen LogP contribution >= 0.6 is 0 Å². The van der Waals surface area contributed by atoms with Crippen LogP contribution in [0.3, 0.4) is 0 Å². The van der Waals surface area contributed by atoms with Crippen LogP contribution in [0.15, 0.2) is 199 Å². The maximum absolute atomic E-state index is 6.49. The van der Waals surface area contributed by atoms with Crippen LogP contribution < -0.4 is 0 Å². The lowest BCUT2D eigenvalue weighted by Crippen LogP contribution is -2.07. The quantitative estimate of drug-likeness (QED) is 0.172. The van der Waals surface area contributed by atoms with E-state index in [2.05, 4.69) is 168 Å². The lowest BCUT2D eigenvalue weighted by molar-refractivity contribution is 0.669. The molecule has 0 aliphatic carbocycles. The van der Waals surface area contributed by atoms with Crippen LogP contribution in [-0.4, -0.2) is 19.5 Å². The van der Waals surface area contributed by atoms with E-state index < -0.39 is 0 Å². The third kappa shape index (κ3) is 5.29. The van der Waals surface area contributed by atoms with Crippen LogP contribution in [0, 0.1) is 0 Å². The molecular weight excluding hydrogens is 685 g/mol. The summed E-state index contributed by atoms with van der Waals surface area (Å²) in [5.74, 6) is 1.76. The first-order valence-corrected chi connectivity index (χ1v) is 18.8. The van der Waals surface area contributed by atoms with Crippen molar-refractivity contribution in [2.75, 3.05) is 0 Å². The summed E-state index contributed by atoms with van der Waals surface area (Å²) in [6.45, 7) is 0. The highest BCUT2D eigenvalue weighted by Gasteiger charge is 2.21. The van der Waals surface area contributed by atoms with E-state index in [-0.39, 0.29) is 0 Å². The number of benzene rings is 8. The Kier molecular flexibility index (Phi) is 7.42. The predicted octanol–water partition coefficient (Wildman–Crippen LogP) is 13.2. The summed E-state index contributed by atoms with van der Waals surface area (Å²) >= 11 is 0. The largest absolute Gasteiger partial charge is 0.456 e. The Balaban J connectivity index is 1.11. The first-order valence-electron chi connectivity index (χ1n) is 18.8. The summed E-state index contributed by atoms with van der Waals surface area (Å²) in [6, 6.07) is 67.3. The highest BCUT2D eigenvalue weighted by molar-refractivity contribution is 6.14. The maximum atomic E-state index is 6.49. The summed E-state index contributed by atoms with van der Waals surface area (Å²) < 4.78 is 8.69. The van der Waals surface area contributed by atoms with Crippen LogP contribution in [0.1, 0.15) is 0 Å². The van der Waals surface area contributed by atoms with Crippen LogP contribution in [-0.2, 0) is 0 Å². The van der Waals surface area contributed by atoms with Crippen LogP contribution in [0.4, 0.5) is 0 Å². The second kappa shape index (κ2) is 13.0. The molecule has 0 aliphatic rings. The molecule has 0 bridgehead atoms. The predicted molar refractivity (Wildman–Crippen MR) is 229 cm³/mol. The van der Waals surface area contributed by atoms with Crippen molar-refractivity contribution in [3.8, 4) is 62.1 Å². The van der Waals surface area contributed by atoms with E-state index in [4.69, 9.17) is 19.4 Å². The monoisotopic (exact) mass is 716 g/mol. The average Bonchev–Trinajstić information content (AvgIpc) is 3.83. The van der Waals surface area contributed by atoms with E-state index in [1.165, 1.54) is 0 Å². The minimum Gasteiger partial charge on any atom is -0.456 e. The Morgan fingerprint density at radius 3 is 1.77 bits per heavy atom. The number of hydrogen-bond donors (Lipinski definition) is 0. The van der Waals surface area contributed by atoms with E-state index >= 15 is 0 Å². The van der Waals surface area contributed by atoms with Crippen molar-refractivity contribution < 1.29 is 4.42 Å². The summed E-state index contributed by atoms with van der Waals surface area (Å²) in [4.78, 5) is 15.7. The normalized spacial score (nSPS) is 11.6. The van der Waals surface area contributed by atoms with Gasteiger partial charge in [-0.1, -0.05) is 164 Å².